The largest absolute Gasteiger partial charge is 0.467 e. The van der Waals surface area contributed by atoms with E-state index in [4.69, 9.17) is 9.15 Å². The molecule has 1 N–H and O–H groups in total. The second-order valence-electron chi connectivity index (χ2n) is 4.73. The summed E-state index contributed by atoms with van der Waals surface area (Å²) in [6.07, 6.45) is 0.671. The molecule has 0 bridgehead atoms. The molecule has 0 saturated carbocycles. The van der Waals surface area contributed by atoms with Crippen molar-refractivity contribution in [2.24, 2.45) is 0 Å². The molecule has 0 aliphatic carbocycles. The topological polar surface area (TPSA) is 94.6 Å². The van der Waals surface area contributed by atoms with Crippen LogP contribution < -0.4 is 5.32 Å². The number of carbonyl (C=O) groups excluding carboxylic acids is 1. The van der Waals surface area contributed by atoms with Crippen molar-refractivity contribution in [3.8, 4) is 0 Å². The molecular formula is C11H16N2O5. The lowest BCUT2D eigenvalue weighted by molar-refractivity contribution is -0.484. The molecule has 0 aliphatic rings. The highest BCUT2D eigenvalue weighted by Gasteiger charge is 2.25. The lowest BCUT2D eigenvalue weighted by Crippen LogP contribution is -2.37. The number of furan rings is 1. The fourth-order valence-electron chi connectivity index (χ4n) is 1.30. The Labute approximate surface area is 104 Å². The second-order valence-corrected chi connectivity index (χ2v) is 4.73. The van der Waals surface area contributed by atoms with E-state index in [-0.39, 0.29) is 0 Å². The van der Waals surface area contributed by atoms with E-state index in [1.54, 1.807) is 32.9 Å². The van der Waals surface area contributed by atoms with Crippen molar-refractivity contribution < 1.29 is 18.9 Å². The Hall–Kier alpha value is -2.05. The second kappa shape index (κ2) is 5.52. The van der Waals surface area contributed by atoms with Crippen molar-refractivity contribution in [1.82, 2.24) is 5.32 Å². The molecule has 7 nitrogen and oxygen atoms in total. The Morgan fingerprint density at radius 3 is 2.72 bits per heavy atom. The molecule has 1 rings (SSSR count). The van der Waals surface area contributed by atoms with Crippen LogP contribution in [-0.2, 0) is 4.74 Å². The lowest BCUT2D eigenvalue weighted by atomic mass is 10.2. The Bertz CT molecular complexity index is 408. The summed E-state index contributed by atoms with van der Waals surface area (Å²) in [6, 6.07) is 2.31. The molecule has 1 heterocycles. The summed E-state index contributed by atoms with van der Waals surface area (Å²) in [7, 11) is 0. The average Bonchev–Trinajstić information content (AvgIpc) is 2.64. The molecule has 0 aromatic carbocycles. The van der Waals surface area contributed by atoms with E-state index in [0.29, 0.717) is 5.76 Å². The average molecular weight is 256 g/mol. The van der Waals surface area contributed by atoms with Crippen LogP contribution in [0.25, 0.3) is 0 Å². The van der Waals surface area contributed by atoms with Gasteiger partial charge in [-0.15, -0.1) is 0 Å². The molecule has 0 unspecified atom stereocenters. The smallest absolute Gasteiger partial charge is 0.408 e. The van der Waals surface area contributed by atoms with Crippen molar-refractivity contribution in [3.63, 3.8) is 0 Å². The van der Waals surface area contributed by atoms with E-state index in [2.05, 4.69) is 5.32 Å². The number of alkyl carbamates (subject to hydrolysis) is 1. The van der Waals surface area contributed by atoms with E-state index in [1.165, 1.54) is 6.26 Å². The predicted molar refractivity (Wildman–Crippen MR) is 62.7 cm³/mol. The van der Waals surface area contributed by atoms with Crippen LogP contribution in [0.1, 0.15) is 32.6 Å². The molecule has 0 radical (unpaired) electrons. The van der Waals surface area contributed by atoms with Gasteiger partial charge in [-0.3, -0.25) is 10.1 Å². The third-order valence-corrected chi connectivity index (χ3v) is 1.91. The fraction of sp³-hybridized carbons (Fsp3) is 0.545. The molecule has 1 atom stereocenters. The van der Waals surface area contributed by atoms with Gasteiger partial charge in [-0.1, -0.05) is 0 Å². The number of rotatable bonds is 4. The van der Waals surface area contributed by atoms with Crippen molar-refractivity contribution in [3.05, 3.63) is 34.3 Å². The quantitative estimate of drug-likeness (QED) is 0.657. The minimum absolute atomic E-state index is 0.317. The van der Waals surface area contributed by atoms with Crippen molar-refractivity contribution in [1.29, 1.82) is 0 Å². The maximum Gasteiger partial charge on any atom is 0.408 e. The molecule has 0 aliphatic heterocycles. The molecule has 100 valence electrons. The zero-order valence-electron chi connectivity index (χ0n) is 10.5. The summed E-state index contributed by atoms with van der Waals surface area (Å²) >= 11 is 0. The van der Waals surface area contributed by atoms with Gasteiger partial charge in [-0.25, -0.2) is 4.79 Å². The Morgan fingerprint density at radius 1 is 1.61 bits per heavy atom. The van der Waals surface area contributed by atoms with Gasteiger partial charge in [0.05, 0.1) is 6.26 Å². The molecule has 0 saturated heterocycles. The summed E-state index contributed by atoms with van der Waals surface area (Å²) in [4.78, 5) is 21.6. The minimum Gasteiger partial charge on any atom is -0.467 e. The first kappa shape index (κ1) is 14.0. The van der Waals surface area contributed by atoms with Gasteiger partial charge in [0.15, 0.2) is 6.04 Å². The van der Waals surface area contributed by atoms with Gasteiger partial charge in [0.1, 0.15) is 11.4 Å². The zero-order valence-corrected chi connectivity index (χ0v) is 10.5. The number of ether oxygens (including phenoxy) is 1. The highest BCUT2D eigenvalue weighted by Crippen LogP contribution is 2.15. The third kappa shape index (κ3) is 4.86. The summed E-state index contributed by atoms with van der Waals surface area (Å²) < 4.78 is 10.1. The van der Waals surface area contributed by atoms with E-state index >= 15 is 0 Å². The van der Waals surface area contributed by atoms with E-state index < -0.39 is 29.2 Å². The van der Waals surface area contributed by atoms with Crippen LogP contribution in [0.3, 0.4) is 0 Å². The maximum atomic E-state index is 11.5. The molecule has 0 spiro atoms. The number of hydrogen-bond acceptors (Lipinski definition) is 5. The Morgan fingerprint density at radius 2 is 2.28 bits per heavy atom. The highest BCUT2D eigenvalue weighted by molar-refractivity contribution is 5.68. The van der Waals surface area contributed by atoms with Crippen LogP contribution in [0.4, 0.5) is 4.79 Å². The van der Waals surface area contributed by atoms with Gasteiger partial charge in [-0.05, 0) is 32.9 Å². The minimum atomic E-state index is -0.843. The molecule has 0 fully saturated rings. The number of carbonyl (C=O) groups is 1. The van der Waals surface area contributed by atoms with Crippen LogP contribution in [-0.4, -0.2) is 23.2 Å². The Balaban J connectivity index is 2.68. The third-order valence-electron chi connectivity index (χ3n) is 1.91. The molecule has 7 heteroatoms. The zero-order chi connectivity index (χ0) is 13.8. The van der Waals surface area contributed by atoms with Crippen molar-refractivity contribution >= 4 is 6.09 Å². The van der Waals surface area contributed by atoms with Gasteiger partial charge in [0, 0.05) is 4.92 Å². The summed E-state index contributed by atoms with van der Waals surface area (Å²) in [6.45, 7) is 4.67. The predicted octanol–water partition coefficient (Wildman–Crippen LogP) is 2.12. The maximum absolute atomic E-state index is 11.5. The van der Waals surface area contributed by atoms with Crippen LogP contribution in [0.2, 0.25) is 0 Å². The molecule has 18 heavy (non-hydrogen) atoms. The van der Waals surface area contributed by atoms with Crippen LogP contribution in [0.15, 0.2) is 22.8 Å². The number of nitrogens with one attached hydrogen (secondary N) is 1. The van der Waals surface area contributed by atoms with Crippen LogP contribution in [0.5, 0.6) is 0 Å². The van der Waals surface area contributed by atoms with Crippen LogP contribution >= 0.6 is 0 Å². The SMILES string of the molecule is CC(C)(C)OC(=O)N[C@@H](C[N+](=O)[O-])c1ccco1. The van der Waals surface area contributed by atoms with Crippen LogP contribution in [0, 0.1) is 10.1 Å². The number of amides is 1. The van der Waals surface area contributed by atoms with E-state index in [1.807, 2.05) is 0 Å². The number of nitro groups is 1. The number of nitrogens with zero attached hydrogens (tertiary/aromatic N) is 1. The molecule has 1 amide bonds. The van der Waals surface area contributed by atoms with Crippen molar-refractivity contribution in [2.45, 2.75) is 32.4 Å². The van der Waals surface area contributed by atoms with Gasteiger partial charge in [-0.2, -0.15) is 0 Å². The first-order valence-electron chi connectivity index (χ1n) is 5.42. The van der Waals surface area contributed by atoms with Crippen molar-refractivity contribution in [2.75, 3.05) is 6.54 Å². The van der Waals surface area contributed by atoms with Gasteiger partial charge in [0.25, 0.3) is 0 Å². The first-order chi connectivity index (χ1) is 8.28. The summed E-state index contributed by atoms with van der Waals surface area (Å²) in [5, 5.41) is 13.0. The normalized spacial score (nSPS) is 12.8. The standard InChI is InChI=1S/C11H16N2O5/c1-11(2,3)18-10(14)12-8(7-13(15)16)9-5-4-6-17-9/h4-6,8H,7H2,1-3H3,(H,12,14)/t8-/m0/s1. The molecular weight excluding hydrogens is 240 g/mol. The number of hydrogen-bond donors (Lipinski definition) is 1. The Kier molecular flexibility index (Phi) is 4.30. The fourth-order valence-corrected chi connectivity index (χ4v) is 1.30. The lowest BCUT2D eigenvalue weighted by Gasteiger charge is -2.21. The first-order valence-corrected chi connectivity index (χ1v) is 5.42. The van der Waals surface area contributed by atoms with E-state index in [0.717, 1.165) is 0 Å². The summed E-state index contributed by atoms with van der Waals surface area (Å²) in [5.74, 6) is 0.317. The van der Waals surface area contributed by atoms with Gasteiger partial charge >= 0.3 is 6.09 Å². The highest BCUT2D eigenvalue weighted by atomic mass is 16.6. The summed E-state index contributed by atoms with van der Waals surface area (Å²) in [5.41, 5.74) is -0.660. The molecule has 1 aromatic rings. The van der Waals surface area contributed by atoms with Gasteiger partial charge < -0.3 is 14.5 Å². The monoisotopic (exact) mass is 256 g/mol. The van der Waals surface area contributed by atoms with E-state index in [9.17, 15) is 14.9 Å². The molecule has 1 aromatic heterocycles. The van der Waals surface area contributed by atoms with Gasteiger partial charge in [0.2, 0.25) is 6.54 Å².